The van der Waals surface area contributed by atoms with Crippen LogP contribution in [0, 0.1) is 13.8 Å². The standard InChI is InChI=1S/C9H10ClNO2/c1-5-4-7(10)6(2)8(11-5)9(12)13-3/h4H,1-3H3. The van der Waals surface area contributed by atoms with E-state index in [0.29, 0.717) is 16.3 Å². The summed E-state index contributed by atoms with van der Waals surface area (Å²) in [5.41, 5.74) is 1.64. The molecule has 4 heteroatoms. The smallest absolute Gasteiger partial charge is 0.356 e. The second kappa shape index (κ2) is 3.75. The zero-order valence-electron chi connectivity index (χ0n) is 7.72. The number of aromatic nitrogens is 1. The highest BCUT2D eigenvalue weighted by molar-refractivity contribution is 6.31. The molecule has 0 aliphatic heterocycles. The number of hydrogen-bond acceptors (Lipinski definition) is 3. The molecule has 0 unspecified atom stereocenters. The zero-order valence-corrected chi connectivity index (χ0v) is 8.47. The molecule has 0 N–H and O–H groups in total. The van der Waals surface area contributed by atoms with Gasteiger partial charge in [-0.15, -0.1) is 0 Å². The predicted molar refractivity (Wildman–Crippen MR) is 50.1 cm³/mol. The zero-order chi connectivity index (χ0) is 10.0. The van der Waals surface area contributed by atoms with Gasteiger partial charge < -0.3 is 4.74 Å². The van der Waals surface area contributed by atoms with E-state index >= 15 is 0 Å². The van der Waals surface area contributed by atoms with Crippen LogP contribution in [-0.2, 0) is 4.74 Å². The molecule has 0 aliphatic rings. The van der Waals surface area contributed by atoms with Gasteiger partial charge in [0, 0.05) is 16.3 Å². The maximum Gasteiger partial charge on any atom is 0.356 e. The fraction of sp³-hybridized carbons (Fsp3) is 0.333. The summed E-state index contributed by atoms with van der Waals surface area (Å²) in [6, 6.07) is 1.71. The number of hydrogen-bond donors (Lipinski definition) is 0. The van der Waals surface area contributed by atoms with Gasteiger partial charge in [-0.1, -0.05) is 11.6 Å². The van der Waals surface area contributed by atoms with Crippen molar-refractivity contribution < 1.29 is 9.53 Å². The van der Waals surface area contributed by atoms with Crippen molar-refractivity contribution in [1.29, 1.82) is 0 Å². The molecule has 0 saturated carbocycles. The average molecular weight is 200 g/mol. The Morgan fingerprint density at radius 1 is 1.54 bits per heavy atom. The van der Waals surface area contributed by atoms with Crippen LogP contribution in [0.5, 0.6) is 0 Å². The fourth-order valence-corrected chi connectivity index (χ4v) is 1.24. The lowest BCUT2D eigenvalue weighted by molar-refractivity contribution is 0.0593. The molecule has 1 rings (SSSR count). The first kappa shape index (κ1) is 9.99. The largest absolute Gasteiger partial charge is 0.464 e. The topological polar surface area (TPSA) is 39.2 Å². The first-order chi connectivity index (χ1) is 6.06. The van der Waals surface area contributed by atoms with Crippen molar-refractivity contribution in [3.8, 4) is 0 Å². The van der Waals surface area contributed by atoms with Crippen molar-refractivity contribution in [2.24, 2.45) is 0 Å². The van der Waals surface area contributed by atoms with Gasteiger partial charge in [-0.2, -0.15) is 0 Å². The molecule has 0 radical (unpaired) electrons. The molecule has 0 fully saturated rings. The number of halogens is 1. The molecular weight excluding hydrogens is 190 g/mol. The van der Waals surface area contributed by atoms with Crippen LogP contribution in [0.4, 0.5) is 0 Å². The third-order valence-electron chi connectivity index (χ3n) is 1.72. The highest BCUT2D eigenvalue weighted by Crippen LogP contribution is 2.19. The fourth-order valence-electron chi connectivity index (χ4n) is 0.993. The second-order valence-corrected chi connectivity index (χ2v) is 3.12. The van der Waals surface area contributed by atoms with E-state index in [1.807, 2.05) is 0 Å². The monoisotopic (exact) mass is 199 g/mol. The van der Waals surface area contributed by atoms with Crippen molar-refractivity contribution in [1.82, 2.24) is 4.98 Å². The van der Waals surface area contributed by atoms with Crippen molar-refractivity contribution in [2.45, 2.75) is 13.8 Å². The van der Waals surface area contributed by atoms with Crippen LogP contribution in [0.2, 0.25) is 5.02 Å². The third-order valence-corrected chi connectivity index (χ3v) is 2.11. The summed E-state index contributed by atoms with van der Waals surface area (Å²) in [7, 11) is 1.32. The predicted octanol–water partition coefficient (Wildman–Crippen LogP) is 2.14. The number of methoxy groups -OCH3 is 1. The minimum atomic E-state index is -0.455. The molecule has 0 spiro atoms. The van der Waals surface area contributed by atoms with Gasteiger partial charge in [-0.25, -0.2) is 9.78 Å². The summed E-state index contributed by atoms with van der Waals surface area (Å²) in [6.07, 6.45) is 0. The Balaban J connectivity index is 3.28. The van der Waals surface area contributed by atoms with E-state index in [1.165, 1.54) is 7.11 Å². The van der Waals surface area contributed by atoms with E-state index in [2.05, 4.69) is 9.72 Å². The first-order valence-corrected chi connectivity index (χ1v) is 4.16. The highest BCUT2D eigenvalue weighted by Gasteiger charge is 2.13. The van der Waals surface area contributed by atoms with Gasteiger partial charge in [0.05, 0.1) is 7.11 Å². The van der Waals surface area contributed by atoms with E-state index in [4.69, 9.17) is 11.6 Å². The summed E-state index contributed by atoms with van der Waals surface area (Å²) >= 11 is 5.87. The van der Waals surface area contributed by atoms with Gasteiger partial charge in [-0.05, 0) is 19.9 Å². The van der Waals surface area contributed by atoms with Crippen LogP contribution in [0.1, 0.15) is 21.7 Å². The Kier molecular flexibility index (Phi) is 2.88. The molecule has 0 aliphatic carbocycles. The van der Waals surface area contributed by atoms with Gasteiger partial charge >= 0.3 is 5.97 Å². The summed E-state index contributed by atoms with van der Waals surface area (Å²) in [6.45, 7) is 3.51. The van der Waals surface area contributed by atoms with Crippen LogP contribution < -0.4 is 0 Å². The van der Waals surface area contributed by atoms with Gasteiger partial charge in [0.25, 0.3) is 0 Å². The molecule has 0 saturated heterocycles. The van der Waals surface area contributed by atoms with Gasteiger partial charge in [0.1, 0.15) is 0 Å². The molecular formula is C9H10ClNO2. The Bertz CT molecular complexity index is 350. The molecule has 1 aromatic heterocycles. The minimum Gasteiger partial charge on any atom is -0.464 e. The van der Waals surface area contributed by atoms with E-state index in [9.17, 15) is 4.79 Å². The van der Waals surface area contributed by atoms with Crippen LogP contribution >= 0.6 is 11.6 Å². The Morgan fingerprint density at radius 2 is 2.15 bits per heavy atom. The number of carbonyl (C=O) groups excluding carboxylic acids is 1. The van der Waals surface area contributed by atoms with Gasteiger partial charge in [-0.3, -0.25) is 0 Å². The van der Waals surface area contributed by atoms with Crippen molar-refractivity contribution >= 4 is 17.6 Å². The van der Waals surface area contributed by atoms with Crippen LogP contribution in [-0.4, -0.2) is 18.1 Å². The normalized spacial score (nSPS) is 9.85. The Labute approximate surface area is 81.7 Å². The maximum absolute atomic E-state index is 11.2. The number of aryl methyl sites for hydroxylation is 1. The van der Waals surface area contributed by atoms with E-state index < -0.39 is 5.97 Å². The number of ether oxygens (including phenoxy) is 1. The van der Waals surface area contributed by atoms with Crippen LogP contribution in [0.15, 0.2) is 6.07 Å². The third kappa shape index (κ3) is 1.98. The van der Waals surface area contributed by atoms with Gasteiger partial charge in [0.15, 0.2) is 5.69 Å². The number of esters is 1. The molecule has 13 heavy (non-hydrogen) atoms. The molecule has 0 atom stereocenters. The van der Waals surface area contributed by atoms with Gasteiger partial charge in [0.2, 0.25) is 0 Å². The SMILES string of the molecule is COC(=O)c1nc(C)cc(Cl)c1C. The summed E-state index contributed by atoms with van der Waals surface area (Å²) in [5.74, 6) is -0.455. The molecule has 70 valence electrons. The van der Waals surface area contributed by atoms with Crippen LogP contribution in [0.25, 0.3) is 0 Å². The molecule has 3 nitrogen and oxygen atoms in total. The second-order valence-electron chi connectivity index (χ2n) is 2.71. The van der Waals surface area contributed by atoms with E-state index in [-0.39, 0.29) is 5.69 Å². The van der Waals surface area contributed by atoms with Crippen LogP contribution in [0.3, 0.4) is 0 Å². The minimum absolute atomic E-state index is 0.285. The van der Waals surface area contributed by atoms with Crippen molar-refractivity contribution in [2.75, 3.05) is 7.11 Å². The lowest BCUT2D eigenvalue weighted by atomic mass is 10.2. The molecule has 0 aromatic carbocycles. The summed E-state index contributed by atoms with van der Waals surface area (Å²) in [4.78, 5) is 15.2. The van der Waals surface area contributed by atoms with E-state index in [0.717, 1.165) is 0 Å². The van der Waals surface area contributed by atoms with Crippen molar-refractivity contribution in [3.05, 3.63) is 28.0 Å². The lowest BCUT2D eigenvalue weighted by Crippen LogP contribution is -2.08. The summed E-state index contributed by atoms with van der Waals surface area (Å²) < 4.78 is 4.57. The molecule has 1 aromatic rings. The number of rotatable bonds is 1. The van der Waals surface area contributed by atoms with E-state index in [1.54, 1.807) is 19.9 Å². The number of pyridine rings is 1. The molecule has 1 heterocycles. The number of nitrogens with zero attached hydrogens (tertiary/aromatic N) is 1. The first-order valence-electron chi connectivity index (χ1n) is 3.78. The quantitative estimate of drug-likeness (QED) is 0.651. The summed E-state index contributed by atoms with van der Waals surface area (Å²) in [5, 5.41) is 0.535. The van der Waals surface area contributed by atoms with Crippen molar-refractivity contribution in [3.63, 3.8) is 0 Å². The Hall–Kier alpha value is -1.09. The maximum atomic E-state index is 11.2. The average Bonchev–Trinajstić information content (AvgIpc) is 2.10. The number of carbonyl (C=O) groups is 1. The molecule has 0 amide bonds. The highest BCUT2D eigenvalue weighted by atomic mass is 35.5. The lowest BCUT2D eigenvalue weighted by Gasteiger charge is -2.05. The molecule has 0 bridgehead atoms. The Morgan fingerprint density at radius 3 is 2.69 bits per heavy atom.